The number of hydrogen-bond acceptors (Lipinski definition) is 5. The summed E-state index contributed by atoms with van der Waals surface area (Å²) < 4.78 is 0. The van der Waals surface area contributed by atoms with E-state index in [1.54, 1.807) is 12.1 Å². The van der Waals surface area contributed by atoms with Gasteiger partial charge in [0.05, 0.1) is 6.10 Å². The molecule has 3 atom stereocenters. The summed E-state index contributed by atoms with van der Waals surface area (Å²) in [5.74, 6) is -0.337. The number of amides is 1. The van der Waals surface area contributed by atoms with Crippen LogP contribution in [-0.4, -0.2) is 51.2 Å². The Morgan fingerprint density at radius 1 is 1.38 bits per heavy atom. The van der Waals surface area contributed by atoms with Crippen molar-refractivity contribution < 1.29 is 15.0 Å². The van der Waals surface area contributed by atoms with Crippen molar-refractivity contribution in [1.29, 1.82) is 0 Å². The maximum Gasteiger partial charge on any atom is 0.242 e. The zero-order valence-corrected chi connectivity index (χ0v) is 13.9. The minimum atomic E-state index is -1.06. The van der Waals surface area contributed by atoms with Crippen LogP contribution in [0.5, 0.6) is 0 Å². The molecule has 2 rings (SSSR count). The molecule has 1 aliphatic rings. The van der Waals surface area contributed by atoms with Crippen molar-refractivity contribution in [2.45, 2.75) is 24.7 Å². The maximum atomic E-state index is 12.0. The molecular formula is C12H21Cl2N3O3S. The van der Waals surface area contributed by atoms with Crippen LogP contribution in [0, 0.1) is 0 Å². The number of aliphatic hydroxyl groups is 2. The topological polar surface area (TPSA) is 99.7 Å². The predicted molar refractivity (Wildman–Crippen MR) is 89.3 cm³/mol. The highest BCUT2D eigenvalue weighted by Crippen LogP contribution is 2.18. The number of carbonyl (C=O) groups is 1. The average molecular weight is 358 g/mol. The first-order valence-corrected chi connectivity index (χ1v) is 5.90. The zero-order chi connectivity index (χ0) is 13.1. The van der Waals surface area contributed by atoms with Crippen LogP contribution >= 0.6 is 38.3 Å². The minimum Gasteiger partial charge on any atom is -0.391 e. The largest absolute Gasteiger partial charge is 0.391 e. The van der Waals surface area contributed by atoms with Crippen LogP contribution < -0.4 is 5.73 Å². The van der Waals surface area contributed by atoms with Gasteiger partial charge < -0.3 is 20.8 Å². The highest BCUT2D eigenvalue weighted by molar-refractivity contribution is 7.59. The van der Waals surface area contributed by atoms with Crippen LogP contribution in [0.25, 0.3) is 0 Å². The van der Waals surface area contributed by atoms with E-state index in [9.17, 15) is 15.0 Å². The minimum absolute atomic E-state index is 0. The third-order valence-electron chi connectivity index (χ3n) is 3.15. The Kier molecular flexibility index (Phi) is 11.0. The number of nitrogens with two attached hydrogens (primary N) is 1. The van der Waals surface area contributed by atoms with E-state index >= 15 is 0 Å². The summed E-state index contributed by atoms with van der Waals surface area (Å²) >= 11 is 0. The second-order valence-corrected chi connectivity index (χ2v) is 4.48. The van der Waals surface area contributed by atoms with Gasteiger partial charge >= 0.3 is 0 Å². The third kappa shape index (κ3) is 5.61. The van der Waals surface area contributed by atoms with E-state index in [4.69, 9.17) is 5.73 Å². The van der Waals surface area contributed by atoms with Gasteiger partial charge in [0, 0.05) is 25.5 Å². The number of nitrogens with zero attached hydrogens (tertiary/aromatic N) is 2. The molecule has 1 amide bonds. The fraction of sp³-hybridized carbons (Fsp3) is 0.500. The Hall–Kier alpha value is -0.570. The highest BCUT2D eigenvalue weighted by atomic mass is 35.5. The zero-order valence-electron chi connectivity index (χ0n) is 11.3. The molecule has 0 aliphatic carbocycles. The molecular weight excluding hydrogens is 337 g/mol. The smallest absolute Gasteiger partial charge is 0.242 e. The monoisotopic (exact) mass is 357 g/mol. The Labute approximate surface area is 143 Å². The molecule has 1 aliphatic heterocycles. The molecule has 1 aromatic rings. The molecule has 0 radical (unpaired) electrons. The second-order valence-electron chi connectivity index (χ2n) is 4.48. The molecule has 0 bridgehead atoms. The van der Waals surface area contributed by atoms with Crippen molar-refractivity contribution in [2.75, 3.05) is 13.1 Å². The molecule has 122 valence electrons. The summed E-state index contributed by atoms with van der Waals surface area (Å²) in [5.41, 5.74) is 6.34. The van der Waals surface area contributed by atoms with Crippen LogP contribution in [0.4, 0.5) is 0 Å². The molecule has 0 spiro atoms. The summed E-state index contributed by atoms with van der Waals surface area (Å²) in [5, 5.41) is 19.4. The summed E-state index contributed by atoms with van der Waals surface area (Å²) in [6.45, 7) is 0.770. The first kappa shape index (κ1) is 22.7. The van der Waals surface area contributed by atoms with Gasteiger partial charge in [-0.1, -0.05) is 0 Å². The van der Waals surface area contributed by atoms with Crippen LogP contribution in [0.15, 0.2) is 24.5 Å². The quantitative estimate of drug-likeness (QED) is 0.706. The van der Waals surface area contributed by atoms with Gasteiger partial charge in [-0.05, 0) is 24.1 Å². The van der Waals surface area contributed by atoms with Gasteiger partial charge in [-0.15, -0.1) is 24.8 Å². The molecule has 1 fully saturated rings. The SMILES string of the molecule is Cl.Cl.N[C@H](C(=O)N1CC[C@@H](O)C1)[C@H](O)c1ccncc1.S. The lowest BCUT2D eigenvalue weighted by molar-refractivity contribution is -0.134. The average Bonchev–Trinajstić information content (AvgIpc) is 2.84. The third-order valence-corrected chi connectivity index (χ3v) is 3.15. The van der Waals surface area contributed by atoms with Gasteiger partial charge in [0.1, 0.15) is 12.1 Å². The fourth-order valence-electron chi connectivity index (χ4n) is 2.06. The molecule has 0 unspecified atom stereocenters. The first-order chi connectivity index (χ1) is 8.59. The molecule has 1 aromatic heterocycles. The second kappa shape index (κ2) is 10.2. The van der Waals surface area contributed by atoms with Crippen LogP contribution in [0.3, 0.4) is 0 Å². The number of rotatable bonds is 3. The van der Waals surface area contributed by atoms with Crippen molar-refractivity contribution in [3.8, 4) is 0 Å². The lowest BCUT2D eigenvalue weighted by atomic mass is 10.0. The molecule has 6 nitrogen and oxygen atoms in total. The van der Waals surface area contributed by atoms with E-state index in [-0.39, 0.29) is 50.8 Å². The van der Waals surface area contributed by atoms with Crippen LogP contribution in [0.2, 0.25) is 0 Å². The van der Waals surface area contributed by atoms with Gasteiger partial charge in [-0.2, -0.15) is 13.5 Å². The van der Waals surface area contributed by atoms with Crippen LogP contribution in [0.1, 0.15) is 18.1 Å². The molecule has 21 heavy (non-hydrogen) atoms. The van der Waals surface area contributed by atoms with Crippen molar-refractivity contribution in [1.82, 2.24) is 9.88 Å². The number of aromatic nitrogens is 1. The number of halogens is 2. The van der Waals surface area contributed by atoms with Gasteiger partial charge in [-0.3, -0.25) is 9.78 Å². The normalized spacial score (nSPS) is 19.6. The number of β-amino-alcohol motifs (C(OH)–C–C–N with tert-alkyl or cyclic N) is 1. The molecule has 1 saturated heterocycles. The molecule has 2 heterocycles. The summed E-state index contributed by atoms with van der Waals surface area (Å²) in [7, 11) is 0. The van der Waals surface area contributed by atoms with E-state index < -0.39 is 18.2 Å². The molecule has 0 aromatic carbocycles. The molecule has 4 N–H and O–H groups in total. The fourth-order valence-corrected chi connectivity index (χ4v) is 2.06. The van der Waals surface area contributed by atoms with E-state index in [2.05, 4.69) is 4.98 Å². The van der Waals surface area contributed by atoms with Crippen molar-refractivity contribution in [3.63, 3.8) is 0 Å². The van der Waals surface area contributed by atoms with E-state index in [1.165, 1.54) is 17.3 Å². The number of likely N-dealkylation sites (tertiary alicyclic amines) is 1. The van der Waals surface area contributed by atoms with Crippen LogP contribution in [-0.2, 0) is 4.79 Å². The lowest BCUT2D eigenvalue weighted by Gasteiger charge is -2.24. The predicted octanol–water partition coefficient (Wildman–Crippen LogP) is -0.00810. The van der Waals surface area contributed by atoms with E-state index in [0.717, 1.165) is 0 Å². The highest BCUT2D eigenvalue weighted by Gasteiger charge is 2.32. The van der Waals surface area contributed by atoms with Gasteiger partial charge in [-0.25, -0.2) is 0 Å². The van der Waals surface area contributed by atoms with Gasteiger partial charge in [0.15, 0.2) is 0 Å². The number of aliphatic hydroxyl groups excluding tert-OH is 2. The molecule has 9 heteroatoms. The van der Waals surface area contributed by atoms with E-state index in [0.29, 0.717) is 18.5 Å². The Morgan fingerprint density at radius 3 is 2.43 bits per heavy atom. The number of hydrogen-bond donors (Lipinski definition) is 3. The van der Waals surface area contributed by atoms with Gasteiger partial charge in [0.25, 0.3) is 0 Å². The number of pyridine rings is 1. The van der Waals surface area contributed by atoms with Crippen molar-refractivity contribution in [3.05, 3.63) is 30.1 Å². The lowest BCUT2D eigenvalue weighted by Crippen LogP contribution is -2.46. The summed E-state index contributed by atoms with van der Waals surface area (Å²) in [6.07, 6.45) is 2.09. The van der Waals surface area contributed by atoms with Crippen molar-refractivity contribution >= 4 is 44.2 Å². The Balaban J connectivity index is 0. The van der Waals surface area contributed by atoms with Crippen molar-refractivity contribution in [2.24, 2.45) is 5.73 Å². The van der Waals surface area contributed by atoms with Gasteiger partial charge in [0.2, 0.25) is 5.91 Å². The summed E-state index contributed by atoms with van der Waals surface area (Å²) in [4.78, 5) is 17.3. The molecule has 0 saturated carbocycles. The standard InChI is InChI=1S/C12H17N3O3.2ClH.H2S/c13-10(11(17)8-1-4-14-5-2-8)12(18)15-6-3-9(16)7-15;;;/h1-2,4-5,9-11,16-17H,3,6-7,13H2;2*1H;1H2/t9-,10+,11-;;;/m1.../s1. The Morgan fingerprint density at radius 2 is 1.95 bits per heavy atom. The number of carbonyl (C=O) groups excluding carboxylic acids is 1. The van der Waals surface area contributed by atoms with E-state index in [1.807, 2.05) is 0 Å². The Bertz CT molecular complexity index is 427. The summed E-state index contributed by atoms with van der Waals surface area (Å²) in [6, 6.07) is 2.23. The first-order valence-electron chi connectivity index (χ1n) is 5.90. The maximum absolute atomic E-state index is 12.0.